The van der Waals surface area contributed by atoms with Gasteiger partial charge in [0.05, 0.1) is 52.9 Å². The summed E-state index contributed by atoms with van der Waals surface area (Å²) >= 11 is 6.06. The SMILES string of the molecule is COc1ccccc1COCCCOc1ccc(C2=C(COC(=O)Cc3ccccc3OC)[C@H]3CN(C(=O)Cc4ccc(Cl)cc4)C[C@@H](C2)N3)cc1.O=C(O)C(F)(F)F. The van der Waals surface area contributed by atoms with Crippen molar-refractivity contribution >= 4 is 35.0 Å². The van der Waals surface area contributed by atoms with Crippen LogP contribution in [0.1, 0.15) is 35.1 Å². The van der Waals surface area contributed by atoms with Crippen molar-refractivity contribution in [2.75, 3.05) is 47.1 Å². The Hall–Kier alpha value is -5.57. The van der Waals surface area contributed by atoms with Gasteiger partial charge in [-0.2, -0.15) is 13.2 Å². The molecule has 314 valence electrons. The van der Waals surface area contributed by atoms with Crippen LogP contribution in [0.4, 0.5) is 13.2 Å². The highest BCUT2D eigenvalue weighted by molar-refractivity contribution is 6.30. The number of carbonyl (C=O) groups excluding carboxylic acids is 2. The first kappa shape index (κ1) is 44.5. The zero-order valence-corrected chi connectivity index (χ0v) is 33.4. The molecule has 15 heteroatoms. The van der Waals surface area contributed by atoms with Crippen molar-refractivity contribution in [2.45, 2.75) is 50.6 Å². The van der Waals surface area contributed by atoms with Gasteiger partial charge < -0.3 is 39.0 Å². The lowest BCUT2D eigenvalue weighted by Crippen LogP contribution is -2.61. The lowest BCUT2D eigenvalue weighted by atomic mass is 9.83. The number of alkyl halides is 3. The number of aliphatic carboxylic acids is 1. The Bertz CT molecular complexity index is 2060. The van der Waals surface area contributed by atoms with Crippen LogP contribution in [-0.2, 0) is 43.3 Å². The van der Waals surface area contributed by atoms with Gasteiger partial charge in [-0.1, -0.05) is 72.3 Å². The Balaban J connectivity index is 0.000000867. The van der Waals surface area contributed by atoms with E-state index >= 15 is 0 Å². The number of rotatable bonds is 16. The van der Waals surface area contributed by atoms with E-state index in [1.54, 1.807) is 26.4 Å². The molecule has 1 saturated heterocycles. The Morgan fingerprint density at radius 3 is 2.08 bits per heavy atom. The summed E-state index contributed by atoms with van der Waals surface area (Å²) in [4.78, 5) is 37.4. The average molecular weight is 839 g/mol. The average Bonchev–Trinajstić information content (AvgIpc) is 3.22. The highest BCUT2D eigenvalue weighted by Gasteiger charge is 2.39. The number of para-hydroxylation sites is 2. The molecule has 2 aliphatic rings. The largest absolute Gasteiger partial charge is 0.496 e. The zero-order chi connectivity index (χ0) is 42.4. The first-order chi connectivity index (χ1) is 28.3. The summed E-state index contributed by atoms with van der Waals surface area (Å²) < 4.78 is 60.4. The fourth-order valence-corrected chi connectivity index (χ4v) is 6.90. The van der Waals surface area contributed by atoms with Crippen molar-refractivity contribution < 1.29 is 56.3 Å². The van der Waals surface area contributed by atoms with Gasteiger partial charge in [0.2, 0.25) is 5.91 Å². The number of ether oxygens (including phenoxy) is 5. The van der Waals surface area contributed by atoms with Crippen LogP contribution in [0.15, 0.2) is 103 Å². The van der Waals surface area contributed by atoms with E-state index in [-0.39, 0.29) is 37.0 Å². The van der Waals surface area contributed by atoms with Gasteiger partial charge in [0, 0.05) is 41.7 Å². The molecule has 0 unspecified atom stereocenters. The molecule has 11 nitrogen and oxygen atoms in total. The van der Waals surface area contributed by atoms with Gasteiger partial charge in [-0.25, -0.2) is 4.79 Å². The summed E-state index contributed by atoms with van der Waals surface area (Å²) in [5.74, 6) is -0.812. The summed E-state index contributed by atoms with van der Waals surface area (Å²) in [6.45, 7) is 2.75. The number of hydrogen-bond donors (Lipinski definition) is 2. The number of nitrogens with zero attached hydrogens (tertiary/aromatic N) is 1. The van der Waals surface area contributed by atoms with Crippen LogP contribution < -0.4 is 19.5 Å². The van der Waals surface area contributed by atoms with Crippen LogP contribution in [-0.4, -0.2) is 93.2 Å². The van der Waals surface area contributed by atoms with Gasteiger partial charge in [0.25, 0.3) is 0 Å². The lowest BCUT2D eigenvalue weighted by molar-refractivity contribution is -0.192. The lowest BCUT2D eigenvalue weighted by Gasteiger charge is -2.44. The van der Waals surface area contributed by atoms with Crippen molar-refractivity contribution in [3.63, 3.8) is 0 Å². The number of carboxylic acid groups (broad SMARTS) is 1. The maximum Gasteiger partial charge on any atom is 0.490 e. The minimum atomic E-state index is -5.08. The Morgan fingerprint density at radius 2 is 1.44 bits per heavy atom. The first-order valence-corrected chi connectivity index (χ1v) is 19.2. The molecule has 0 radical (unpaired) electrons. The smallest absolute Gasteiger partial charge is 0.490 e. The van der Waals surface area contributed by atoms with Crippen molar-refractivity contribution in [1.29, 1.82) is 0 Å². The van der Waals surface area contributed by atoms with Crippen LogP contribution in [0, 0.1) is 0 Å². The first-order valence-electron chi connectivity index (χ1n) is 18.8. The predicted molar refractivity (Wildman–Crippen MR) is 215 cm³/mol. The molecule has 0 aromatic heterocycles. The summed E-state index contributed by atoms with van der Waals surface area (Å²) in [6.07, 6.45) is -3.26. The van der Waals surface area contributed by atoms with E-state index < -0.39 is 12.1 Å². The number of esters is 1. The normalized spacial score (nSPS) is 16.1. The molecule has 2 atom stereocenters. The van der Waals surface area contributed by atoms with E-state index in [4.69, 9.17) is 45.2 Å². The molecule has 1 fully saturated rings. The molecule has 4 aromatic rings. The van der Waals surface area contributed by atoms with Crippen molar-refractivity contribution in [2.24, 2.45) is 0 Å². The molecule has 59 heavy (non-hydrogen) atoms. The summed E-state index contributed by atoms with van der Waals surface area (Å²) in [6, 6.07) is 30.6. The van der Waals surface area contributed by atoms with Gasteiger partial charge in [-0.15, -0.1) is 0 Å². The van der Waals surface area contributed by atoms with E-state index in [1.165, 1.54) is 0 Å². The Morgan fingerprint density at radius 1 is 0.814 bits per heavy atom. The molecule has 0 saturated carbocycles. The number of fused-ring (bicyclic) bond motifs is 2. The molecular weight excluding hydrogens is 793 g/mol. The molecule has 4 aromatic carbocycles. The number of methoxy groups -OCH3 is 2. The highest BCUT2D eigenvalue weighted by atomic mass is 35.5. The van der Waals surface area contributed by atoms with Crippen LogP contribution in [0.25, 0.3) is 5.57 Å². The van der Waals surface area contributed by atoms with Crippen LogP contribution in [0.3, 0.4) is 0 Å². The molecule has 1 amide bonds. The number of halogens is 4. The van der Waals surface area contributed by atoms with Crippen LogP contribution in [0.2, 0.25) is 5.02 Å². The second-order valence-electron chi connectivity index (χ2n) is 13.8. The molecule has 0 spiro atoms. The van der Waals surface area contributed by atoms with Gasteiger partial charge >= 0.3 is 18.1 Å². The molecule has 2 N–H and O–H groups in total. The minimum Gasteiger partial charge on any atom is -0.496 e. The fraction of sp³-hybridized carbons (Fsp3) is 0.341. The van der Waals surface area contributed by atoms with Gasteiger partial charge in [0.15, 0.2) is 0 Å². The van der Waals surface area contributed by atoms with Gasteiger partial charge in [0.1, 0.15) is 23.9 Å². The number of carboxylic acids is 1. The second kappa shape index (κ2) is 21.4. The molecule has 2 heterocycles. The van der Waals surface area contributed by atoms with Crippen LogP contribution >= 0.6 is 11.6 Å². The van der Waals surface area contributed by atoms with Crippen molar-refractivity contribution in [3.8, 4) is 17.2 Å². The maximum atomic E-state index is 13.5. The Kier molecular flexibility index (Phi) is 16.2. The standard InChI is InChI=1S/C42H45ClN2O7.C2HF3O2/c1-48-39-10-5-3-8-31(39)23-42(47)52-28-37-36(24-34-25-45(26-38(37)44-34)41(46)22-29-12-16-33(43)17-13-29)30-14-18-35(19-15-30)51-21-7-20-50-27-32-9-4-6-11-40(32)49-2;3-2(4,5)1(6)7/h3-6,8-19,34,38,44H,7,20-28H2,1-2H3;(H,6,7)/t34-,38-;/m1./s1. The molecular formula is C44H46ClF3N2O9. The zero-order valence-electron chi connectivity index (χ0n) is 32.6. The number of benzene rings is 4. The number of amides is 1. The minimum absolute atomic E-state index is 0.0569. The van der Waals surface area contributed by atoms with Crippen LogP contribution in [0.5, 0.6) is 17.2 Å². The summed E-state index contributed by atoms with van der Waals surface area (Å²) in [5.41, 5.74) is 5.83. The number of carbonyl (C=O) groups is 3. The number of nitrogens with one attached hydrogen (secondary N) is 1. The van der Waals surface area contributed by atoms with Crippen molar-refractivity contribution in [1.82, 2.24) is 10.2 Å². The fourth-order valence-electron chi connectivity index (χ4n) is 6.78. The third-order valence-corrected chi connectivity index (χ3v) is 9.93. The predicted octanol–water partition coefficient (Wildman–Crippen LogP) is 7.33. The Labute approximate surface area is 345 Å². The molecule has 2 aliphatic heterocycles. The summed E-state index contributed by atoms with van der Waals surface area (Å²) in [5, 5.41) is 11.5. The van der Waals surface area contributed by atoms with E-state index in [0.29, 0.717) is 56.5 Å². The van der Waals surface area contributed by atoms with Crippen molar-refractivity contribution in [3.05, 3.63) is 130 Å². The topological polar surface area (TPSA) is 133 Å². The van der Waals surface area contributed by atoms with Gasteiger partial charge in [-0.3, -0.25) is 9.59 Å². The highest BCUT2D eigenvalue weighted by Crippen LogP contribution is 2.34. The summed E-state index contributed by atoms with van der Waals surface area (Å²) in [7, 11) is 3.25. The van der Waals surface area contributed by atoms with E-state index in [1.807, 2.05) is 77.7 Å². The van der Waals surface area contributed by atoms with E-state index in [2.05, 4.69) is 17.4 Å². The third kappa shape index (κ3) is 13.2. The molecule has 6 rings (SSSR count). The second-order valence-corrected chi connectivity index (χ2v) is 14.2. The molecule has 0 aliphatic carbocycles. The maximum absolute atomic E-state index is 13.5. The van der Waals surface area contributed by atoms with E-state index in [0.717, 1.165) is 51.3 Å². The number of piperazine rings is 1. The number of hydrogen-bond acceptors (Lipinski definition) is 9. The molecule has 2 bridgehead atoms. The quantitative estimate of drug-likeness (QED) is 0.0874. The van der Waals surface area contributed by atoms with Gasteiger partial charge in [-0.05, 0) is 65.1 Å². The van der Waals surface area contributed by atoms with E-state index in [9.17, 15) is 22.8 Å². The monoisotopic (exact) mass is 838 g/mol. The third-order valence-electron chi connectivity index (χ3n) is 9.67.